The minimum absolute atomic E-state index is 0.0887. The summed E-state index contributed by atoms with van der Waals surface area (Å²) in [7, 11) is 1.90. The Kier molecular flexibility index (Phi) is 4.53. The van der Waals surface area contributed by atoms with E-state index in [1.165, 1.54) is 0 Å². The van der Waals surface area contributed by atoms with Crippen molar-refractivity contribution in [2.75, 3.05) is 20.1 Å². The van der Waals surface area contributed by atoms with Gasteiger partial charge in [-0.15, -0.1) is 0 Å². The van der Waals surface area contributed by atoms with Crippen LogP contribution in [0.15, 0.2) is 36.4 Å². The first kappa shape index (κ1) is 12.8. The van der Waals surface area contributed by atoms with Gasteiger partial charge in [-0.05, 0) is 37.6 Å². The zero-order valence-corrected chi connectivity index (χ0v) is 10.8. The number of carbonyl (C=O) groups excluding carboxylic acids is 1. The molecule has 1 heterocycles. The predicted molar refractivity (Wildman–Crippen MR) is 74.1 cm³/mol. The third kappa shape index (κ3) is 3.44. The van der Waals surface area contributed by atoms with E-state index in [2.05, 4.69) is 5.32 Å². The third-order valence-electron chi connectivity index (χ3n) is 3.42. The molecule has 96 valence electrons. The molecule has 1 aliphatic rings. The molecule has 2 rings (SSSR count). The fraction of sp³-hybridized carbons (Fsp3) is 0.400. The summed E-state index contributed by atoms with van der Waals surface area (Å²) in [6, 6.07) is 10.3. The Hall–Kier alpha value is -1.61. The fourth-order valence-electron chi connectivity index (χ4n) is 2.22. The standard InChI is InChI=1S/C15H20N2O/c1-17(14-9-11-16-12-10-14)15(18)8-7-13-5-3-2-4-6-13/h2-8,14,16H,9-12H2,1H3/b8-7+. The van der Waals surface area contributed by atoms with Gasteiger partial charge in [0, 0.05) is 19.2 Å². The predicted octanol–water partition coefficient (Wildman–Crippen LogP) is 1.91. The summed E-state index contributed by atoms with van der Waals surface area (Å²) >= 11 is 0. The van der Waals surface area contributed by atoms with E-state index in [1.54, 1.807) is 6.08 Å². The molecule has 0 radical (unpaired) electrons. The van der Waals surface area contributed by atoms with E-state index in [1.807, 2.05) is 48.4 Å². The molecule has 1 aromatic carbocycles. The minimum atomic E-state index is 0.0887. The van der Waals surface area contributed by atoms with Gasteiger partial charge in [0.15, 0.2) is 0 Å². The highest BCUT2D eigenvalue weighted by Gasteiger charge is 2.19. The molecule has 0 unspecified atom stereocenters. The van der Waals surface area contributed by atoms with E-state index < -0.39 is 0 Å². The number of nitrogens with one attached hydrogen (secondary N) is 1. The molecule has 0 aromatic heterocycles. The van der Waals surface area contributed by atoms with E-state index in [9.17, 15) is 4.79 Å². The molecule has 0 bridgehead atoms. The number of hydrogen-bond donors (Lipinski definition) is 1. The molecule has 1 aromatic rings. The summed E-state index contributed by atoms with van der Waals surface area (Å²) in [5, 5.41) is 3.31. The number of rotatable bonds is 3. The molecule has 1 fully saturated rings. The molecular formula is C15H20N2O. The van der Waals surface area contributed by atoms with Gasteiger partial charge in [0.05, 0.1) is 0 Å². The van der Waals surface area contributed by atoms with Gasteiger partial charge in [0.25, 0.3) is 0 Å². The van der Waals surface area contributed by atoms with Gasteiger partial charge in [-0.25, -0.2) is 0 Å². The van der Waals surface area contributed by atoms with Crippen LogP contribution in [0.3, 0.4) is 0 Å². The first-order valence-corrected chi connectivity index (χ1v) is 6.48. The summed E-state index contributed by atoms with van der Waals surface area (Å²) in [5.74, 6) is 0.0887. The van der Waals surface area contributed by atoms with Gasteiger partial charge in [-0.1, -0.05) is 30.3 Å². The van der Waals surface area contributed by atoms with Gasteiger partial charge in [0.2, 0.25) is 5.91 Å². The van der Waals surface area contributed by atoms with Crippen molar-refractivity contribution in [3.05, 3.63) is 42.0 Å². The van der Waals surface area contributed by atoms with Gasteiger partial charge in [0.1, 0.15) is 0 Å². The second-order valence-electron chi connectivity index (χ2n) is 4.67. The van der Waals surface area contributed by atoms with Crippen molar-refractivity contribution in [2.24, 2.45) is 0 Å². The van der Waals surface area contributed by atoms with E-state index in [0.717, 1.165) is 31.5 Å². The zero-order chi connectivity index (χ0) is 12.8. The van der Waals surface area contributed by atoms with Crippen molar-refractivity contribution in [1.29, 1.82) is 0 Å². The highest BCUT2D eigenvalue weighted by Crippen LogP contribution is 2.11. The molecule has 18 heavy (non-hydrogen) atoms. The van der Waals surface area contributed by atoms with Crippen molar-refractivity contribution in [3.8, 4) is 0 Å². The first-order valence-electron chi connectivity index (χ1n) is 6.48. The Morgan fingerprint density at radius 3 is 2.61 bits per heavy atom. The molecule has 1 saturated heterocycles. The second kappa shape index (κ2) is 6.36. The first-order chi connectivity index (χ1) is 8.77. The van der Waals surface area contributed by atoms with Gasteiger partial charge >= 0.3 is 0 Å². The van der Waals surface area contributed by atoms with Crippen LogP contribution in [0.4, 0.5) is 0 Å². The van der Waals surface area contributed by atoms with E-state index in [4.69, 9.17) is 0 Å². The Bertz CT molecular complexity index is 408. The van der Waals surface area contributed by atoms with Gasteiger partial charge < -0.3 is 10.2 Å². The summed E-state index contributed by atoms with van der Waals surface area (Å²) in [4.78, 5) is 13.9. The lowest BCUT2D eigenvalue weighted by molar-refractivity contribution is -0.127. The molecular weight excluding hydrogens is 224 g/mol. The Morgan fingerprint density at radius 2 is 1.94 bits per heavy atom. The van der Waals surface area contributed by atoms with Crippen LogP contribution in [-0.4, -0.2) is 37.0 Å². The quantitative estimate of drug-likeness (QED) is 0.824. The maximum Gasteiger partial charge on any atom is 0.246 e. The Balaban J connectivity index is 1.92. The van der Waals surface area contributed by atoms with Crippen LogP contribution in [0, 0.1) is 0 Å². The van der Waals surface area contributed by atoms with Crippen molar-refractivity contribution in [2.45, 2.75) is 18.9 Å². The Labute approximate surface area is 108 Å². The second-order valence-corrected chi connectivity index (χ2v) is 4.67. The molecule has 0 aliphatic carbocycles. The lowest BCUT2D eigenvalue weighted by Crippen LogP contribution is -2.43. The van der Waals surface area contributed by atoms with Crippen molar-refractivity contribution < 1.29 is 4.79 Å². The molecule has 1 N–H and O–H groups in total. The monoisotopic (exact) mass is 244 g/mol. The van der Waals surface area contributed by atoms with E-state index in [0.29, 0.717) is 6.04 Å². The van der Waals surface area contributed by atoms with Crippen LogP contribution in [0.25, 0.3) is 6.08 Å². The maximum atomic E-state index is 12.0. The fourth-order valence-corrected chi connectivity index (χ4v) is 2.22. The molecule has 3 nitrogen and oxygen atoms in total. The molecule has 1 amide bonds. The van der Waals surface area contributed by atoms with Crippen LogP contribution in [0.2, 0.25) is 0 Å². The number of amides is 1. The lowest BCUT2D eigenvalue weighted by Gasteiger charge is -2.30. The normalized spacial score (nSPS) is 16.9. The van der Waals surface area contributed by atoms with E-state index in [-0.39, 0.29) is 5.91 Å². The topological polar surface area (TPSA) is 32.3 Å². The maximum absolute atomic E-state index is 12.0. The van der Waals surface area contributed by atoms with Gasteiger partial charge in [-0.2, -0.15) is 0 Å². The van der Waals surface area contributed by atoms with Crippen LogP contribution in [0.5, 0.6) is 0 Å². The highest BCUT2D eigenvalue weighted by molar-refractivity contribution is 5.91. The van der Waals surface area contributed by atoms with Crippen molar-refractivity contribution in [3.63, 3.8) is 0 Å². The lowest BCUT2D eigenvalue weighted by atomic mass is 10.1. The summed E-state index contributed by atoms with van der Waals surface area (Å²) in [6.07, 6.45) is 5.63. The average Bonchev–Trinajstić information content (AvgIpc) is 2.46. The highest BCUT2D eigenvalue weighted by atomic mass is 16.2. The van der Waals surface area contributed by atoms with Gasteiger partial charge in [-0.3, -0.25) is 4.79 Å². The summed E-state index contributed by atoms with van der Waals surface area (Å²) < 4.78 is 0. The number of carbonyl (C=O) groups is 1. The summed E-state index contributed by atoms with van der Waals surface area (Å²) in [6.45, 7) is 2.01. The average molecular weight is 244 g/mol. The molecule has 1 aliphatic heterocycles. The van der Waals surface area contributed by atoms with Crippen LogP contribution in [0.1, 0.15) is 18.4 Å². The number of benzene rings is 1. The molecule has 0 spiro atoms. The van der Waals surface area contributed by atoms with Crippen LogP contribution < -0.4 is 5.32 Å². The van der Waals surface area contributed by atoms with Crippen LogP contribution in [-0.2, 0) is 4.79 Å². The van der Waals surface area contributed by atoms with Crippen molar-refractivity contribution >= 4 is 12.0 Å². The number of piperidine rings is 1. The third-order valence-corrected chi connectivity index (χ3v) is 3.42. The minimum Gasteiger partial charge on any atom is -0.339 e. The SMILES string of the molecule is CN(C(=O)/C=C/c1ccccc1)C1CCNCC1. The van der Waals surface area contributed by atoms with Crippen molar-refractivity contribution in [1.82, 2.24) is 10.2 Å². The van der Waals surface area contributed by atoms with Crippen LogP contribution >= 0.6 is 0 Å². The largest absolute Gasteiger partial charge is 0.339 e. The molecule has 0 atom stereocenters. The number of likely N-dealkylation sites (N-methyl/N-ethyl adjacent to an activating group) is 1. The smallest absolute Gasteiger partial charge is 0.246 e. The number of hydrogen-bond acceptors (Lipinski definition) is 2. The van der Waals surface area contributed by atoms with E-state index >= 15 is 0 Å². The Morgan fingerprint density at radius 1 is 1.28 bits per heavy atom. The number of nitrogens with zero attached hydrogens (tertiary/aromatic N) is 1. The molecule has 3 heteroatoms. The summed E-state index contributed by atoms with van der Waals surface area (Å²) in [5.41, 5.74) is 1.06. The molecule has 0 saturated carbocycles. The zero-order valence-electron chi connectivity index (χ0n) is 10.8.